The fraction of sp³-hybridized carbons (Fsp3) is 0.312. The highest BCUT2D eigenvalue weighted by Gasteiger charge is 2.27. The third kappa shape index (κ3) is 5.11. The average molecular weight is 400 g/mol. The van der Waals surface area contributed by atoms with Crippen molar-refractivity contribution in [3.8, 4) is 22.8 Å². The molecule has 2 rings (SSSR count). The molecule has 0 aliphatic carbocycles. The van der Waals surface area contributed by atoms with E-state index >= 15 is 0 Å². The molecule has 0 saturated heterocycles. The van der Waals surface area contributed by atoms with E-state index in [9.17, 15) is 23.5 Å². The molecule has 0 radical (unpaired) electrons. The Morgan fingerprint density at radius 1 is 1.44 bits per heavy atom. The van der Waals surface area contributed by atoms with E-state index in [2.05, 4.69) is 10.3 Å². The van der Waals surface area contributed by atoms with Crippen LogP contribution in [-0.2, 0) is 11.3 Å². The van der Waals surface area contributed by atoms with Crippen LogP contribution in [0.25, 0.3) is 11.3 Å². The normalized spacial score (nSPS) is 11.3. The van der Waals surface area contributed by atoms with E-state index in [1.807, 2.05) is 0 Å². The highest BCUT2D eigenvalue weighted by molar-refractivity contribution is 7.71. The van der Waals surface area contributed by atoms with Gasteiger partial charge in [0.2, 0.25) is 5.91 Å². The number of benzene rings is 1. The minimum atomic E-state index is -3.24. The third-order valence-electron chi connectivity index (χ3n) is 3.66. The summed E-state index contributed by atoms with van der Waals surface area (Å²) in [4.78, 5) is 26.2. The second-order valence-corrected chi connectivity index (χ2v) is 6.02. The number of phenolic OH excluding ortho intramolecular Hbond substituents is 1. The van der Waals surface area contributed by atoms with Crippen molar-refractivity contribution in [2.45, 2.75) is 12.5 Å². The number of carbonyl (C=O) groups excluding carboxylic acids is 1. The van der Waals surface area contributed by atoms with Crippen LogP contribution in [0.2, 0.25) is 0 Å². The Morgan fingerprint density at radius 3 is 2.74 bits per heavy atom. The number of nitrogens with one attached hydrogen (secondary N) is 2. The second kappa shape index (κ2) is 8.27. The summed E-state index contributed by atoms with van der Waals surface area (Å²) in [5.41, 5.74) is 4.74. The summed E-state index contributed by atoms with van der Waals surface area (Å²) in [5, 5.41) is 12.3. The van der Waals surface area contributed by atoms with Crippen LogP contribution in [0.15, 0.2) is 29.1 Å². The van der Waals surface area contributed by atoms with Gasteiger partial charge in [-0.15, -0.1) is 0 Å². The fourth-order valence-corrected chi connectivity index (χ4v) is 2.52. The summed E-state index contributed by atoms with van der Waals surface area (Å²) >= 11 is 5.07. The first-order valence-electron chi connectivity index (χ1n) is 7.73. The summed E-state index contributed by atoms with van der Waals surface area (Å²) in [6, 6.07) is 5.49. The standard InChI is InChI=1S/C16H18F2N4O4S/c1-26-9-2-3-10(12(23)4-9)11-5-13(24)21-15(27)22(11)6-14(25)20-8-16(17,18)7-19/h2-5,23H,6-8,19H2,1H3,(H,20,25)(H,21,24,27). The maximum atomic E-state index is 13.2. The molecule has 11 heteroatoms. The van der Waals surface area contributed by atoms with Gasteiger partial charge in [-0.1, -0.05) is 0 Å². The van der Waals surface area contributed by atoms with Crippen molar-refractivity contribution in [2.75, 3.05) is 20.2 Å². The van der Waals surface area contributed by atoms with E-state index < -0.39 is 37.0 Å². The van der Waals surface area contributed by atoms with Crippen LogP contribution >= 0.6 is 12.2 Å². The number of nitrogens with zero attached hydrogens (tertiary/aromatic N) is 1. The van der Waals surface area contributed by atoms with Gasteiger partial charge in [0.25, 0.3) is 11.5 Å². The highest BCUT2D eigenvalue weighted by Crippen LogP contribution is 2.31. The number of ether oxygens (including phenoxy) is 1. The van der Waals surface area contributed by atoms with Crippen LogP contribution in [-0.4, -0.2) is 46.7 Å². The quantitative estimate of drug-likeness (QED) is 0.515. The van der Waals surface area contributed by atoms with Crippen molar-refractivity contribution in [2.24, 2.45) is 5.73 Å². The third-order valence-corrected chi connectivity index (χ3v) is 3.98. The van der Waals surface area contributed by atoms with E-state index in [1.165, 1.54) is 23.8 Å². The smallest absolute Gasteiger partial charge is 0.277 e. The number of aromatic nitrogens is 2. The number of carbonyl (C=O) groups is 1. The second-order valence-electron chi connectivity index (χ2n) is 5.63. The van der Waals surface area contributed by atoms with Gasteiger partial charge in [0.1, 0.15) is 18.0 Å². The molecule has 0 saturated carbocycles. The van der Waals surface area contributed by atoms with Gasteiger partial charge in [-0.25, -0.2) is 8.78 Å². The van der Waals surface area contributed by atoms with Crippen LogP contribution in [0.4, 0.5) is 8.78 Å². The van der Waals surface area contributed by atoms with Gasteiger partial charge in [0.05, 0.1) is 25.9 Å². The van der Waals surface area contributed by atoms with E-state index in [-0.39, 0.29) is 21.8 Å². The minimum Gasteiger partial charge on any atom is -0.507 e. The molecule has 1 aromatic carbocycles. The number of amides is 1. The van der Waals surface area contributed by atoms with Gasteiger partial charge in [0.15, 0.2) is 4.77 Å². The Bertz CT molecular complexity index is 958. The Morgan fingerprint density at radius 2 is 2.15 bits per heavy atom. The van der Waals surface area contributed by atoms with Crippen molar-refractivity contribution < 1.29 is 23.4 Å². The number of hydrogen-bond donors (Lipinski definition) is 4. The zero-order valence-corrected chi connectivity index (χ0v) is 15.1. The number of halogens is 2. The summed E-state index contributed by atoms with van der Waals surface area (Å²) in [7, 11) is 1.42. The van der Waals surface area contributed by atoms with Crippen LogP contribution in [0.3, 0.4) is 0 Å². The van der Waals surface area contributed by atoms with Crippen LogP contribution in [0.5, 0.6) is 11.5 Å². The molecule has 1 amide bonds. The molecule has 146 valence electrons. The van der Waals surface area contributed by atoms with Crippen molar-refractivity contribution in [1.29, 1.82) is 0 Å². The number of methoxy groups -OCH3 is 1. The lowest BCUT2D eigenvalue weighted by Crippen LogP contribution is -2.42. The molecule has 27 heavy (non-hydrogen) atoms. The lowest BCUT2D eigenvalue weighted by Gasteiger charge is -2.17. The molecule has 1 heterocycles. The number of alkyl halides is 2. The van der Waals surface area contributed by atoms with Crippen LogP contribution in [0, 0.1) is 4.77 Å². The topological polar surface area (TPSA) is 122 Å². The molecule has 0 spiro atoms. The molecule has 8 nitrogen and oxygen atoms in total. The molecular formula is C16H18F2N4O4S. The minimum absolute atomic E-state index is 0.103. The summed E-state index contributed by atoms with van der Waals surface area (Å²) in [5.74, 6) is -3.83. The lowest BCUT2D eigenvalue weighted by molar-refractivity contribution is -0.123. The van der Waals surface area contributed by atoms with Gasteiger partial charge in [-0.3, -0.25) is 14.6 Å². The largest absolute Gasteiger partial charge is 0.507 e. The van der Waals surface area contributed by atoms with Gasteiger partial charge < -0.3 is 25.5 Å². The van der Waals surface area contributed by atoms with Gasteiger partial charge in [-0.05, 0) is 24.4 Å². The summed E-state index contributed by atoms with van der Waals surface area (Å²) in [6.45, 7) is -2.28. The lowest BCUT2D eigenvalue weighted by atomic mass is 10.1. The number of phenols is 1. The van der Waals surface area contributed by atoms with Gasteiger partial charge in [0, 0.05) is 17.7 Å². The summed E-state index contributed by atoms with van der Waals surface area (Å²) < 4.78 is 32.5. The number of hydrogen-bond acceptors (Lipinski definition) is 6. The zero-order chi connectivity index (χ0) is 20.2. The van der Waals surface area contributed by atoms with Crippen LogP contribution < -0.4 is 21.3 Å². The van der Waals surface area contributed by atoms with Crippen molar-refractivity contribution >= 4 is 18.1 Å². The Labute approximate surface area is 157 Å². The zero-order valence-electron chi connectivity index (χ0n) is 14.3. The van der Waals surface area contributed by atoms with Gasteiger partial charge >= 0.3 is 0 Å². The number of H-pyrrole nitrogens is 1. The van der Waals surface area contributed by atoms with E-state index in [0.29, 0.717) is 5.75 Å². The van der Waals surface area contributed by atoms with Crippen molar-refractivity contribution in [3.63, 3.8) is 0 Å². The molecule has 0 bridgehead atoms. The van der Waals surface area contributed by atoms with Crippen molar-refractivity contribution in [1.82, 2.24) is 14.9 Å². The van der Waals surface area contributed by atoms with Crippen LogP contribution in [0.1, 0.15) is 0 Å². The molecule has 0 unspecified atom stereocenters. The molecule has 0 atom stereocenters. The van der Waals surface area contributed by atoms with E-state index in [4.69, 9.17) is 22.7 Å². The first-order chi connectivity index (χ1) is 12.7. The highest BCUT2D eigenvalue weighted by atomic mass is 32.1. The average Bonchev–Trinajstić information content (AvgIpc) is 2.62. The predicted molar refractivity (Wildman–Crippen MR) is 96.6 cm³/mol. The molecule has 0 aliphatic rings. The molecule has 2 aromatic rings. The Hall–Kier alpha value is -2.79. The summed E-state index contributed by atoms with van der Waals surface area (Å²) in [6.07, 6.45) is 0. The van der Waals surface area contributed by atoms with E-state index in [1.54, 1.807) is 6.07 Å². The Balaban J connectivity index is 2.39. The number of aromatic hydroxyl groups is 1. The Kier molecular flexibility index (Phi) is 6.28. The maximum absolute atomic E-state index is 13.2. The molecular weight excluding hydrogens is 382 g/mol. The molecule has 5 N–H and O–H groups in total. The van der Waals surface area contributed by atoms with Crippen molar-refractivity contribution in [3.05, 3.63) is 39.4 Å². The SMILES string of the molecule is COc1ccc(-c2cc(=O)[nH]c(=S)n2CC(=O)NCC(F)(F)CN)c(O)c1. The number of rotatable bonds is 7. The predicted octanol–water partition coefficient (Wildman–Crippen LogP) is 0.997. The fourth-order valence-electron chi connectivity index (χ4n) is 2.26. The molecule has 0 fully saturated rings. The monoisotopic (exact) mass is 400 g/mol. The maximum Gasteiger partial charge on any atom is 0.277 e. The van der Waals surface area contributed by atoms with E-state index in [0.717, 1.165) is 6.07 Å². The number of aromatic amines is 1. The molecule has 0 aliphatic heterocycles. The first-order valence-corrected chi connectivity index (χ1v) is 8.14. The first kappa shape index (κ1) is 20.5. The molecule has 1 aromatic heterocycles. The van der Waals surface area contributed by atoms with Gasteiger partial charge in [-0.2, -0.15) is 0 Å². The number of nitrogens with two attached hydrogens (primary N) is 1.